The van der Waals surface area contributed by atoms with E-state index in [0.29, 0.717) is 51.4 Å². The smallest absolute Gasteiger partial charge is 0.335 e. The number of carboxylic acids is 2. The molecule has 352 valence electrons. The molecule has 0 unspecified atom stereocenters. The number of hydrogen-bond donors (Lipinski definition) is 5. The predicted octanol–water partition coefficient (Wildman–Crippen LogP) is 5.06. The van der Waals surface area contributed by atoms with E-state index in [2.05, 4.69) is 16.0 Å². The zero-order valence-corrected chi connectivity index (χ0v) is 37.1. The SMILES string of the molecule is CCC[C@@H](CCCCNC(=O)CC[C@H](NC(=O)COCCOCCNC(=O)COCCOCCCC(=O)CCCCCCCCCOc1ccc(C(=O)O)cc1)C(=O)O)C(C)=O. The Kier molecular flexibility index (Phi) is 33.3. The molecular weight excluding hydrogens is 807 g/mol. The Morgan fingerprint density at radius 3 is 1.81 bits per heavy atom. The summed E-state index contributed by atoms with van der Waals surface area (Å²) in [4.78, 5) is 82.6. The van der Waals surface area contributed by atoms with Gasteiger partial charge in [0.15, 0.2) is 0 Å². The second-order valence-corrected chi connectivity index (χ2v) is 15.2. The van der Waals surface area contributed by atoms with Gasteiger partial charge in [0.2, 0.25) is 17.7 Å². The molecule has 0 aromatic heterocycles. The van der Waals surface area contributed by atoms with E-state index in [1.807, 2.05) is 6.92 Å². The molecule has 0 fully saturated rings. The lowest BCUT2D eigenvalue weighted by Crippen LogP contribution is -2.43. The van der Waals surface area contributed by atoms with Gasteiger partial charge in [0.1, 0.15) is 36.6 Å². The number of carbonyl (C=O) groups excluding carboxylic acids is 5. The number of aliphatic carboxylic acids is 1. The Labute approximate surface area is 367 Å². The normalized spacial score (nSPS) is 12.0. The largest absolute Gasteiger partial charge is 0.494 e. The van der Waals surface area contributed by atoms with Gasteiger partial charge in [-0.05, 0) is 76.1 Å². The number of benzene rings is 1. The molecule has 0 aliphatic rings. The number of Topliss-reactive ketones (excluding diaryl/α,β-unsaturated/α-hetero) is 2. The van der Waals surface area contributed by atoms with Crippen molar-refractivity contribution in [3.8, 4) is 5.75 Å². The van der Waals surface area contributed by atoms with Crippen molar-refractivity contribution in [2.45, 2.75) is 129 Å². The number of ketones is 2. The molecule has 17 heteroatoms. The average Bonchev–Trinajstić information content (AvgIpc) is 3.24. The van der Waals surface area contributed by atoms with Gasteiger partial charge in [-0.15, -0.1) is 0 Å². The van der Waals surface area contributed by atoms with Crippen molar-refractivity contribution in [3.05, 3.63) is 29.8 Å². The number of aromatic carboxylic acids is 1. The van der Waals surface area contributed by atoms with Gasteiger partial charge in [-0.1, -0.05) is 51.9 Å². The van der Waals surface area contributed by atoms with Crippen molar-refractivity contribution >= 4 is 41.2 Å². The predicted molar refractivity (Wildman–Crippen MR) is 231 cm³/mol. The minimum atomic E-state index is -1.25. The summed E-state index contributed by atoms with van der Waals surface area (Å²) in [6.45, 7) is 5.84. The van der Waals surface area contributed by atoms with Crippen LogP contribution in [0.4, 0.5) is 0 Å². The maximum atomic E-state index is 12.2. The number of rotatable bonds is 42. The molecule has 0 radical (unpaired) electrons. The van der Waals surface area contributed by atoms with Gasteiger partial charge in [-0.2, -0.15) is 0 Å². The molecule has 62 heavy (non-hydrogen) atoms. The van der Waals surface area contributed by atoms with Crippen LogP contribution in [0.1, 0.15) is 133 Å². The van der Waals surface area contributed by atoms with E-state index in [-0.39, 0.29) is 93.9 Å². The summed E-state index contributed by atoms with van der Waals surface area (Å²) >= 11 is 0. The van der Waals surface area contributed by atoms with Crippen molar-refractivity contribution in [1.29, 1.82) is 0 Å². The second-order valence-electron chi connectivity index (χ2n) is 15.2. The summed E-state index contributed by atoms with van der Waals surface area (Å²) in [6.07, 6.45) is 12.9. The van der Waals surface area contributed by atoms with E-state index in [1.165, 1.54) is 12.1 Å². The fraction of sp³-hybridized carbons (Fsp3) is 0.711. The quantitative estimate of drug-likeness (QED) is 0.0540. The van der Waals surface area contributed by atoms with Crippen LogP contribution in [0.5, 0.6) is 5.75 Å². The van der Waals surface area contributed by atoms with Crippen LogP contribution in [0, 0.1) is 5.92 Å². The molecule has 3 amide bonds. The Balaban J connectivity index is 1.90. The highest BCUT2D eigenvalue weighted by Gasteiger charge is 2.21. The summed E-state index contributed by atoms with van der Waals surface area (Å²) in [5.41, 5.74) is 0.239. The Morgan fingerprint density at radius 1 is 0.565 bits per heavy atom. The van der Waals surface area contributed by atoms with Crippen LogP contribution in [0.25, 0.3) is 0 Å². The van der Waals surface area contributed by atoms with Crippen molar-refractivity contribution in [2.24, 2.45) is 5.92 Å². The van der Waals surface area contributed by atoms with Crippen molar-refractivity contribution < 1.29 is 67.5 Å². The first-order valence-corrected chi connectivity index (χ1v) is 22.3. The molecule has 1 aromatic rings. The molecule has 17 nitrogen and oxygen atoms in total. The van der Waals surface area contributed by atoms with Gasteiger partial charge < -0.3 is 49.8 Å². The summed E-state index contributed by atoms with van der Waals surface area (Å²) < 4.78 is 27.1. The van der Waals surface area contributed by atoms with Crippen LogP contribution in [0.15, 0.2) is 24.3 Å². The van der Waals surface area contributed by atoms with Gasteiger partial charge >= 0.3 is 11.9 Å². The monoisotopic (exact) mass is 880 g/mol. The molecule has 0 heterocycles. The van der Waals surface area contributed by atoms with E-state index in [4.69, 9.17) is 28.8 Å². The van der Waals surface area contributed by atoms with E-state index in [9.17, 15) is 38.7 Å². The maximum absolute atomic E-state index is 12.2. The molecule has 0 aliphatic carbocycles. The third-order valence-electron chi connectivity index (χ3n) is 9.80. The van der Waals surface area contributed by atoms with Crippen molar-refractivity contribution in [3.63, 3.8) is 0 Å². The number of carboxylic acid groups (broad SMARTS) is 2. The van der Waals surface area contributed by atoms with Crippen LogP contribution in [-0.2, 0) is 47.7 Å². The van der Waals surface area contributed by atoms with E-state index < -0.39 is 23.9 Å². The van der Waals surface area contributed by atoms with Crippen LogP contribution >= 0.6 is 0 Å². The third-order valence-corrected chi connectivity index (χ3v) is 9.80. The summed E-state index contributed by atoms with van der Waals surface area (Å²) in [7, 11) is 0. The van der Waals surface area contributed by atoms with E-state index in [1.54, 1.807) is 19.1 Å². The highest BCUT2D eigenvalue weighted by molar-refractivity contribution is 5.87. The van der Waals surface area contributed by atoms with Gasteiger partial charge in [-0.25, -0.2) is 9.59 Å². The first-order chi connectivity index (χ1) is 29.9. The minimum Gasteiger partial charge on any atom is -0.494 e. The van der Waals surface area contributed by atoms with E-state index in [0.717, 1.165) is 77.0 Å². The van der Waals surface area contributed by atoms with Crippen molar-refractivity contribution in [1.82, 2.24) is 16.0 Å². The number of nitrogens with one attached hydrogen (secondary N) is 3. The maximum Gasteiger partial charge on any atom is 0.335 e. The summed E-state index contributed by atoms with van der Waals surface area (Å²) in [6, 6.07) is 5.17. The van der Waals surface area contributed by atoms with Gasteiger partial charge in [0.05, 0.1) is 45.2 Å². The van der Waals surface area contributed by atoms with Gasteiger partial charge in [0, 0.05) is 44.9 Å². The van der Waals surface area contributed by atoms with Gasteiger partial charge in [0.25, 0.3) is 0 Å². The van der Waals surface area contributed by atoms with Gasteiger partial charge in [-0.3, -0.25) is 24.0 Å². The van der Waals surface area contributed by atoms with Crippen LogP contribution in [-0.4, -0.2) is 130 Å². The Hall–Kier alpha value is -4.45. The van der Waals surface area contributed by atoms with E-state index >= 15 is 0 Å². The summed E-state index contributed by atoms with van der Waals surface area (Å²) in [5, 5.41) is 26.2. The average molecular weight is 880 g/mol. The Morgan fingerprint density at radius 2 is 1.16 bits per heavy atom. The minimum absolute atomic E-state index is 0.0529. The molecule has 1 aromatic carbocycles. The third kappa shape index (κ3) is 31.4. The van der Waals surface area contributed by atoms with Crippen molar-refractivity contribution in [2.75, 3.05) is 72.6 Å². The lowest BCUT2D eigenvalue weighted by Gasteiger charge is -2.15. The van der Waals surface area contributed by atoms with Crippen LogP contribution in [0.2, 0.25) is 0 Å². The molecule has 0 aliphatic heterocycles. The number of unbranched alkanes of at least 4 members (excludes halogenated alkanes) is 7. The zero-order valence-electron chi connectivity index (χ0n) is 37.1. The first kappa shape index (κ1) is 55.6. The van der Waals surface area contributed by atoms with Crippen LogP contribution < -0.4 is 20.7 Å². The highest BCUT2D eigenvalue weighted by Crippen LogP contribution is 2.16. The highest BCUT2D eigenvalue weighted by atomic mass is 16.5. The van der Waals surface area contributed by atoms with Crippen LogP contribution in [0.3, 0.4) is 0 Å². The number of amides is 3. The number of carbonyl (C=O) groups is 7. The lowest BCUT2D eigenvalue weighted by molar-refractivity contribution is -0.143. The molecule has 0 saturated carbocycles. The summed E-state index contributed by atoms with van der Waals surface area (Å²) in [5.74, 6) is -2.32. The molecule has 0 spiro atoms. The molecule has 2 atom stereocenters. The standard InChI is InChI=1S/C45H73N3O14/c1-3-14-36(35(2)49)15-10-11-24-46-41(51)23-22-40(45(56)57)48-43(53)34-61-32-30-59-28-25-47-42(52)33-60-31-29-58-26-13-17-38(50)16-9-7-5-4-6-8-12-27-62-39-20-18-37(19-21-39)44(54)55/h18-21,36,40H,3-17,22-34H2,1-2H3,(H,46,51)(H,47,52)(H,48,53)(H,54,55)(H,56,57)/t36-,40-/m0/s1. The molecule has 0 bridgehead atoms. The Bertz CT molecular complexity index is 1420. The number of ether oxygens (including phenoxy) is 5. The molecular formula is C45H73N3O14. The number of hydrogen-bond acceptors (Lipinski definition) is 12. The first-order valence-electron chi connectivity index (χ1n) is 22.3. The zero-order chi connectivity index (χ0) is 45.6. The topological polar surface area (TPSA) is 242 Å². The fourth-order valence-electron chi connectivity index (χ4n) is 6.27. The second kappa shape index (κ2) is 37.1. The molecule has 5 N–H and O–H groups in total. The lowest BCUT2D eigenvalue weighted by atomic mass is 9.93. The fourth-order valence-corrected chi connectivity index (χ4v) is 6.27. The molecule has 0 saturated heterocycles. The molecule has 1 rings (SSSR count).